The van der Waals surface area contributed by atoms with Gasteiger partial charge in [0.25, 0.3) is 5.91 Å². The molecule has 1 amide bonds. The summed E-state index contributed by atoms with van der Waals surface area (Å²) in [5, 5.41) is -0.00641. The highest BCUT2D eigenvalue weighted by Gasteiger charge is 2.17. The molecule has 0 aromatic heterocycles. The van der Waals surface area contributed by atoms with Crippen LogP contribution in [0.15, 0.2) is 18.2 Å². The largest absolute Gasteiger partial charge is 0.367 e. The van der Waals surface area contributed by atoms with Gasteiger partial charge < -0.3 is 10.5 Å². The summed E-state index contributed by atoms with van der Waals surface area (Å²) in [4.78, 5) is 10.9. The first-order valence-corrected chi connectivity index (χ1v) is 4.21. The van der Waals surface area contributed by atoms with Gasteiger partial charge in [-0.25, -0.2) is 4.39 Å². The van der Waals surface area contributed by atoms with Gasteiger partial charge in [-0.3, -0.25) is 4.79 Å². The maximum Gasteiger partial charge on any atom is 0.251 e. The summed E-state index contributed by atoms with van der Waals surface area (Å²) in [5.74, 6) is -1.28. The Bertz CT molecular complexity index is 357. The van der Waals surface area contributed by atoms with Gasteiger partial charge in [-0.2, -0.15) is 0 Å². The van der Waals surface area contributed by atoms with Gasteiger partial charge in [-0.15, -0.1) is 0 Å². The van der Waals surface area contributed by atoms with Gasteiger partial charge in [0.05, 0.1) is 5.02 Å². The van der Waals surface area contributed by atoms with E-state index in [-0.39, 0.29) is 5.02 Å². The van der Waals surface area contributed by atoms with Crippen molar-refractivity contribution >= 4 is 17.5 Å². The fraction of sp³-hybridized carbons (Fsp3) is 0.222. The van der Waals surface area contributed by atoms with Crippen LogP contribution in [0.1, 0.15) is 11.7 Å². The Morgan fingerprint density at radius 1 is 1.64 bits per heavy atom. The van der Waals surface area contributed by atoms with E-state index >= 15 is 0 Å². The molecule has 1 atom stereocenters. The molecule has 2 N–H and O–H groups in total. The third kappa shape index (κ3) is 2.21. The average molecular weight is 218 g/mol. The van der Waals surface area contributed by atoms with E-state index in [0.29, 0.717) is 5.56 Å². The maximum atomic E-state index is 13.0. The lowest BCUT2D eigenvalue weighted by Crippen LogP contribution is -2.22. The lowest BCUT2D eigenvalue weighted by molar-refractivity contribution is -0.128. The summed E-state index contributed by atoms with van der Waals surface area (Å²) < 4.78 is 17.8. The van der Waals surface area contributed by atoms with Crippen molar-refractivity contribution in [3.8, 4) is 0 Å². The number of carbonyl (C=O) groups excluding carboxylic acids is 1. The van der Waals surface area contributed by atoms with Gasteiger partial charge in [-0.1, -0.05) is 17.7 Å². The number of hydrogen-bond donors (Lipinski definition) is 1. The smallest absolute Gasteiger partial charge is 0.251 e. The molecule has 0 unspecified atom stereocenters. The second kappa shape index (κ2) is 4.39. The first-order chi connectivity index (χ1) is 6.56. The van der Waals surface area contributed by atoms with Crippen LogP contribution in [0.5, 0.6) is 0 Å². The van der Waals surface area contributed by atoms with Crippen molar-refractivity contribution in [1.82, 2.24) is 0 Å². The lowest BCUT2D eigenvalue weighted by Gasteiger charge is -2.11. The zero-order chi connectivity index (χ0) is 10.7. The molecular weight excluding hydrogens is 209 g/mol. The third-order valence-electron chi connectivity index (χ3n) is 1.74. The maximum absolute atomic E-state index is 13.0. The Morgan fingerprint density at radius 2 is 2.29 bits per heavy atom. The molecule has 0 saturated carbocycles. The van der Waals surface area contributed by atoms with Gasteiger partial charge in [0.15, 0.2) is 6.10 Å². The molecule has 76 valence electrons. The van der Waals surface area contributed by atoms with Crippen LogP contribution in [-0.4, -0.2) is 13.0 Å². The molecule has 0 aliphatic rings. The number of methoxy groups -OCH3 is 1. The van der Waals surface area contributed by atoms with E-state index in [1.54, 1.807) is 0 Å². The predicted molar refractivity (Wildman–Crippen MR) is 50.4 cm³/mol. The molecule has 0 bridgehead atoms. The molecule has 0 aliphatic heterocycles. The van der Waals surface area contributed by atoms with E-state index in [2.05, 4.69) is 0 Å². The van der Waals surface area contributed by atoms with Crippen LogP contribution in [0.25, 0.3) is 0 Å². The van der Waals surface area contributed by atoms with E-state index in [1.165, 1.54) is 19.2 Å². The number of ether oxygens (including phenoxy) is 1. The summed E-state index contributed by atoms with van der Waals surface area (Å²) in [6, 6.07) is 3.97. The zero-order valence-corrected chi connectivity index (χ0v) is 8.22. The normalized spacial score (nSPS) is 12.5. The van der Waals surface area contributed by atoms with Crippen LogP contribution in [-0.2, 0) is 9.53 Å². The number of nitrogens with two attached hydrogens (primary N) is 1. The SMILES string of the molecule is CO[C@H](C(N)=O)c1ccc(Cl)c(F)c1. The van der Waals surface area contributed by atoms with Gasteiger partial charge in [0.1, 0.15) is 5.82 Å². The molecule has 5 heteroatoms. The quantitative estimate of drug-likeness (QED) is 0.837. The number of amides is 1. The molecule has 1 rings (SSSR count). The van der Waals surface area contributed by atoms with Crippen LogP contribution in [0, 0.1) is 5.82 Å². The Labute approximate surface area is 85.6 Å². The fourth-order valence-corrected chi connectivity index (χ4v) is 1.21. The highest BCUT2D eigenvalue weighted by Crippen LogP contribution is 2.21. The Hall–Kier alpha value is -1.13. The van der Waals surface area contributed by atoms with E-state index in [1.807, 2.05) is 0 Å². The van der Waals surface area contributed by atoms with Crippen LogP contribution in [0.4, 0.5) is 4.39 Å². The Morgan fingerprint density at radius 3 is 2.71 bits per heavy atom. The summed E-state index contributed by atoms with van der Waals surface area (Å²) in [5.41, 5.74) is 5.40. The van der Waals surface area contributed by atoms with Crippen molar-refractivity contribution in [1.29, 1.82) is 0 Å². The van der Waals surface area contributed by atoms with Crippen molar-refractivity contribution in [2.75, 3.05) is 7.11 Å². The van der Waals surface area contributed by atoms with E-state index in [0.717, 1.165) is 6.07 Å². The fourth-order valence-electron chi connectivity index (χ4n) is 1.09. The zero-order valence-electron chi connectivity index (χ0n) is 7.46. The molecule has 0 spiro atoms. The van der Waals surface area contributed by atoms with E-state index < -0.39 is 17.8 Å². The molecule has 14 heavy (non-hydrogen) atoms. The number of benzene rings is 1. The van der Waals surface area contributed by atoms with Crippen LogP contribution >= 0.6 is 11.6 Å². The van der Waals surface area contributed by atoms with Gasteiger partial charge >= 0.3 is 0 Å². The topological polar surface area (TPSA) is 52.3 Å². The highest BCUT2D eigenvalue weighted by molar-refractivity contribution is 6.30. The standard InChI is InChI=1S/C9H9ClFNO2/c1-14-8(9(12)13)5-2-3-6(10)7(11)4-5/h2-4,8H,1H3,(H2,12,13)/t8-/m0/s1. The average Bonchev–Trinajstić information content (AvgIpc) is 2.11. The second-order valence-corrected chi connectivity index (χ2v) is 3.10. The number of carbonyl (C=O) groups is 1. The van der Waals surface area contributed by atoms with Crippen molar-refractivity contribution in [3.05, 3.63) is 34.6 Å². The van der Waals surface area contributed by atoms with Gasteiger partial charge in [0.2, 0.25) is 0 Å². The Balaban J connectivity index is 3.06. The minimum atomic E-state index is -0.943. The first-order valence-electron chi connectivity index (χ1n) is 3.83. The molecule has 0 aliphatic carbocycles. The van der Waals surface area contributed by atoms with Crippen LogP contribution < -0.4 is 5.73 Å². The third-order valence-corrected chi connectivity index (χ3v) is 2.05. The number of halogens is 2. The first kappa shape index (κ1) is 10.9. The van der Waals surface area contributed by atoms with Gasteiger partial charge in [0, 0.05) is 7.11 Å². The summed E-state index contributed by atoms with van der Waals surface area (Å²) >= 11 is 5.48. The van der Waals surface area contributed by atoms with Gasteiger partial charge in [-0.05, 0) is 17.7 Å². The molecule has 0 heterocycles. The van der Waals surface area contributed by atoms with Crippen LogP contribution in [0.3, 0.4) is 0 Å². The van der Waals surface area contributed by atoms with Crippen molar-refractivity contribution in [2.45, 2.75) is 6.10 Å². The monoisotopic (exact) mass is 217 g/mol. The minimum absolute atomic E-state index is 0.00641. The van der Waals surface area contributed by atoms with E-state index in [4.69, 9.17) is 22.1 Å². The molecule has 0 fully saturated rings. The molecule has 3 nitrogen and oxygen atoms in total. The Kier molecular flexibility index (Phi) is 3.43. The van der Waals surface area contributed by atoms with Crippen molar-refractivity contribution in [3.63, 3.8) is 0 Å². The number of primary amides is 1. The second-order valence-electron chi connectivity index (χ2n) is 2.69. The summed E-state index contributed by atoms with van der Waals surface area (Å²) in [6.45, 7) is 0. The van der Waals surface area contributed by atoms with Crippen molar-refractivity contribution < 1.29 is 13.9 Å². The predicted octanol–water partition coefficient (Wildman–Crippen LogP) is 1.65. The van der Waals surface area contributed by atoms with E-state index in [9.17, 15) is 9.18 Å². The molecule has 1 aromatic carbocycles. The molecule has 0 radical (unpaired) electrons. The van der Waals surface area contributed by atoms with Crippen molar-refractivity contribution in [2.24, 2.45) is 5.73 Å². The number of hydrogen-bond acceptors (Lipinski definition) is 2. The molecule has 0 saturated heterocycles. The molecular formula is C9H9ClFNO2. The number of rotatable bonds is 3. The summed E-state index contributed by atoms with van der Waals surface area (Å²) in [6.07, 6.45) is -0.943. The molecule has 1 aromatic rings. The lowest BCUT2D eigenvalue weighted by atomic mass is 10.1. The highest BCUT2D eigenvalue weighted by atomic mass is 35.5. The summed E-state index contributed by atoms with van der Waals surface area (Å²) in [7, 11) is 1.32. The minimum Gasteiger partial charge on any atom is -0.367 e. The van der Waals surface area contributed by atoms with Crippen LogP contribution in [0.2, 0.25) is 5.02 Å².